The highest BCUT2D eigenvalue weighted by atomic mass is 31.2. The van der Waals surface area contributed by atoms with E-state index in [4.69, 9.17) is 18.5 Å². The van der Waals surface area contributed by atoms with Crippen molar-refractivity contribution in [2.45, 2.75) is 174 Å². The molecule has 0 amide bonds. The van der Waals surface area contributed by atoms with Crippen molar-refractivity contribution in [1.82, 2.24) is 0 Å². The van der Waals surface area contributed by atoms with Crippen LogP contribution in [0.1, 0.15) is 168 Å². The van der Waals surface area contributed by atoms with Crippen molar-refractivity contribution >= 4 is 13.8 Å². The predicted octanol–water partition coefficient (Wildman–Crippen LogP) is 12.4. The summed E-state index contributed by atoms with van der Waals surface area (Å²) in [6, 6.07) is 0. The average molecular weight is 769 g/mol. The van der Waals surface area contributed by atoms with Crippen LogP contribution < -0.4 is 0 Å². The second-order valence-corrected chi connectivity index (χ2v) is 16.8. The number of quaternary nitrogens is 1. The van der Waals surface area contributed by atoms with E-state index < -0.39 is 13.9 Å². The number of carbonyl (C=O) groups is 1. The molecule has 1 N–H and O–H groups in total. The Balaban J connectivity index is 4.28. The first-order chi connectivity index (χ1) is 25.6. The van der Waals surface area contributed by atoms with Gasteiger partial charge in [0, 0.05) is 13.0 Å². The zero-order valence-electron chi connectivity index (χ0n) is 35.0. The fourth-order valence-electron chi connectivity index (χ4n) is 5.60. The Morgan fingerprint density at radius 1 is 0.604 bits per heavy atom. The number of unbranched alkanes of at least 4 members (excludes halogenated alkanes) is 17. The standard InChI is InChI=1S/C44H82NO7P/c1-6-8-10-12-14-16-18-20-21-22-23-24-26-28-30-32-34-36-39-49-41-43(42-51-53(47,48)50-40-38-45(3,4)5)52-44(46)37-35-33-31-29-27-25-19-17-15-13-11-9-7-2/h8,10,14,16,20-21,23-24,43H,6-7,9,11-13,15,17-19,22,25-42H2,1-5H3/p+1/b10-8-,16-14-,21-20-,24-23-. The molecule has 0 aliphatic heterocycles. The van der Waals surface area contributed by atoms with Gasteiger partial charge >= 0.3 is 13.8 Å². The fraction of sp³-hybridized carbons (Fsp3) is 0.795. The summed E-state index contributed by atoms with van der Waals surface area (Å²) in [4.78, 5) is 22.8. The van der Waals surface area contributed by atoms with Crippen LogP contribution in [0.3, 0.4) is 0 Å². The molecule has 0 spiro atoms. The van der Waals surface area contributed by atoms with E-state index in [1.54, 1.807) is 0 Å². The fourth-order valence-corrected chi connectivity index (χ4v) is 6.34. The number of carbonyl (C=O) groups excluding carboxylic acids is 1. The van der Waals surface area contributed by atoms with Gasteiger partial charge in [0.15, 0.2) is 0 Å². The third-order valence-electron chi connectivity index (χ3n) is 8.90. The van der Waals surface area contributed by atoms with Crippen LogP contribution in [0.2, 0.25) is 0 Å². The summed E-state index contributed by atoms with van der Waals surface area (Å²) in [6.07, 6.45) is 44.2. The Labute approximate surface area is 327 Å². The molecule has 0 aromatic carbocycles. The second kappa shape index (κ2) is 37.4. The molecule has 0 fully saturated rings. The van der Waals surface area contributed by atoms with Crippen molar-refractivity contribution in [2.24, 2.45) is 0 Å². The molecule has 2 atom stereocenters. The van der Waals surface area contributed by atoms with Gasteiger partial charge < -0.3 is 18.9 Å². The highest BCUT2D eigenvalue weighted by Crippen LogP contribution is 2.43. The molecule has 9 heteroatoms. The SMILES string of the molecule is CC/C=C\C/C=C\C/C=C\C/C=C\CCCCCCCOCC(COP(=O)(O)OCC[N+](C)(C)C)OC(=O)CCCCCCCCCCCCCCC. The van der Waals surface area contributed by atoms with Gasteiger partial charge in [0.1, 0.15) is 19.3 Å². The number of phosphoric acid groups is 1. The Bertz CT molecular complexity index is 989. The van der Waals surface area contributed by atoms with Crippen molar-refractivity contribution in [3.63, 3.8) is 0 Å². The molecule has 53 heavy (non-hydrogen) atoms. The summed E-state index contributed by atoms with van der Waals surface area (Å²) in [5.74, 6) is -0.322. The zero-order valence-corrected chi connectivity index (χ0v) is 35.9. The highest BCUT2D eigenvalue weighted by Gasteiger charge is 2.26. The van der Waals surface area contributed by atoms with Crippen LogP contribution in [0.15, 0.2) is 48.6 Å². The minimum atomic E-state index is -4.28. The molecule has 0 radical (unpaired) electrons. The molecular formula is C44H83NO7P+. The topological polar surface area (TPSA) is 91.3 Å². The molecule has 0 heterocycles. The van der Waals surface area contributed by atoms with Crippen LogP contribution >= 0.6 is 7.82 Å². The maximum absolute atomic E-state index is 12.7. The molecule has 310 valence electrons. The van der Waals surface area contributed by atoms with E-state index in [-0.39, 0.29) is 25.8 Å². The Kier molecular flexibility index (Phi) is 36.3. The summed E-state index contributed by atoms with van der Waals surface area (Å²) in [5.41, 5.74) is 0. The van der Waals surface area contributed by atoms with Gasteiger partial charge in [-0.25, -0.2) is 4.57 Å². The van der Waals surface area contributed by atoms with Gasteiger partial charge in [0.2, 0.25) is 0 Å². The first kappa shape index (κ1) is 51.5. The number of likely N-dealkylation sites (N-methyl/N-ethyl adjacent to an activating group) is 1. The number of hydrogen-bond acceptors (Lipinski definition) is 6. The number of esters is 1. The number of nitrogens with zero attached hydrogens (tertiary/aromatic N) is 1. The number of allylic oxidation sites excluding steroid dienone is 8. The van der Waals surface area contributed by atoms with Crippen LogP contribution in [0, 0.1) is 0 Å². The second-order valence-electron chi connectivity index (χ2n) is 15.3. The van der Waals surface area contributed by atoms with E-state index >= 15 is 0 Å². The monoisotopic (exact) mass is 769 g/mol. The molecule has 0 aromatic heterocycles. The average Bonchev–Trinajstić information content (AvgIpc) is 3.11. The van der Waals surface area contributed by atoms with E-state index in [9.17, 15) is 14.3 Å². The Hall–Kier alpha value is -1.54. The van der Waals surface area contributed by atoms with Gasteiger partial charge in [-0.15, -0.1) is 0 Å². The number of rotatable bonds is 39. The van der Waals surface area contributed by atoms with E-state index in [2.05, 4.69) is 62.5 Å². The van der Waals surface area contributed by atoms with Crippen LogP contribution in [0.5, 0.6) is 0 Å². The van der Waals surface area contributed by atoms with E-state index in [1.807, 2.05) is 21.1 Å². The molecular weight excluding hydrogens is 685 g/mol. The van der Waals surface area contributed by atoms with Crippen molar-refractivity contribution in [3.8, 4) is 0 Å². The number of phosphoric ester groups is 1. The number of ether oxygens (including phenoxy) is 2. The first-order valence-corrected chi connectivity index (χ1v) is 22.9. The predicted molar refractivity (Wildman–Crippen MR) is 224 cm³/mol. The minimum absolute atomic E-state index is 0.0840. The van der Waals surface area contributed by atoms with Gasteiger partial charge in [-0.2, -0.15) is 0 Å². The third-order valence-corrected chi connectivity index (χ3v) is 9.89. The number of hydrogen-bond donors (Lipinski definition) is 1. The molecule has 0 rings (SSSR count). The quantitative estimate of drug-likeness (QED) is 0.0219. The van der Waals surface area contributed by atoms with Gasteiger partial charge in [-0.1, -0.05) is 159 Å². The smallest absolute Gasteiger partial charge is 0.457 e. The van der Waals surface area contributed by atoms with Crippen LogP contribution in [0.25, 0.3) is 0 Å². The van der Waals surface area contributed by atoms with Crippen LogP contribution in [-0.4, -0.2) is 75.6 Å². The lowest BCUT2D eigenvalue weighted by atomic mass is 10.0. The molecule has 0 bridgehead atoms. The van der Waals surface area contributed by atoms with E-state index in [1.165, 1.54) is 77.0 Å². The molecule has 0 aromatic rings. The van der Waals surface area contributed by atoms with Crippen molar-refractivity contribution in [3.05, 3.63) is 48.6 Å². The molecule has 0 saturated carbocycles. The summed E-state index contributed by atoms with van der Waals surface area (Å²) in [7, 11) is 1.65. The van der Waals surface area contributed by atoms with Crippen molar-refractivity contribution in [1.29, 1.82) is 0 Å². The van der Waals surface area contributed by atoms with Gasteiger partial charge in [0.25, 0.3) is 0 Å². The first-order valence-electron chi connectivity index (χ1n) is 21.4. The lowest BCUT2D eigenvalue weighted by molar-refractivity contribution is -0.870. The maximum atomic E-state index is 12.7. The highest BCUT2D eigenvalue weighted by molar-refractivity contribution is 7.47. The Morgan fingerprint density at radius 2 is 1.09 bits per heavy atom. The lowest BCUT2D eigenvalue weighted by Gasteiger charge is -2.24. The van der Waals surface area contributed by atoms with Crippen LogP contribution in [-0.2, 0) is 27.9 Å². The normalized spacial score (nSPS) is 14.3. The minimum Gasteiger partial charge on any atom is -0.457 e. The largest absolute Gasteiger partial charge is 0.472 e. The molecule has 2 unspecified atom stereocenters. The van der Waals surface area contributed by atoms with Gasteiger partial charge in [0.05, 0.1) is 34.4 Å². The van der Waals surface area contributed by atoms with Gasteiger partial charge in [-0.05, 0) is 51.4 Å². The summed E-state index contributed by atoms with van der Waals surface area (Å²) in [5, 5.41) is 0. The molecule has 0 saturated heterocycles. The van der Waals surface area contributed by atoms with E-state index in [0.717, 1.165) is 70.6 Å². The summed E-state index contributed by atoms with van der Waals surface area (Å²) in [6.45, 7) is 5.46. The van der Waals surface area contributed by atoms with Crippen molar-refractivity contribution < 1.29 is 37.3 Å². The molecule has 8 nitrogen and oxygen atoms in total. The van der Waals surface area contributed by atoms with Crippen molar-refractivity contribution in [2.75, 3.05) is 54.1 Å². The molecule has 0 aliphatic rings. The summed E-state index contributed by atoms with van der Waals surface area (Å²) >= 11 is 0. The Morgan fingerprint density at radius 3 is 1.64 bits per heavy atom. The maximum Gasteiger partial charge on any atom is 0.472 e. The lowest BCUT2D eigenvalue weighted by Crippen LogP contribution is -2.37. The van der Waals surface area contributed by atoms with Crippen LogP contribution in [0.4, 0.5) is 0 Å². The van der Waals surface area contributed by atoms with Gasteiger partial charge in [-0.3, -0.25) is 13.8 Å². The third kappa shape index (κ3) is 41.5. The zero-order chi connectivity index (χ0) is 39.1. The summed E-state index contributed by atoms with van der Waals surface area (Å²) < 4.78 is 34.9. The van der Waals surface area contributed by atoms with E-state index in [0.29, 0.717) is 24.1 Å². The molecule has 0 aliphatic carbocycles.